The molecule has 0 aromatic carbocycles. The molecular weight excluding hydrogens is 384 g/mol. The lowest BCUT2D eigenvalue weighted by atomic mass is 10.1. The highest BCUT2D eigenvalue weighted by Crippen LogP contribution is 2.38. The van der Waals surface area contributed by atoms with E-state index in [2.05, 4.69) is 21.2 Å². The molecule has 1 amide bonds. The SMILES string of the molecule is N#Cc1c(NC(=O)CN2CCN(C3CCS(=O)(=O)C3)CC2)sc2c1CCC2. The first-order chi connectivity index (χ1) is 12.9. The third kappa shape index (κ3) is 4.04. The van der Waals surface area contributed by atoms with Crippen LogP contribution in [-0.4, -0.2) is 74.4 Å². The fourth-order valence-corrected chi connectivity index (χ4v) is 7.35. The number of nitrogens with zero attached hydrogens (tertiary/aromatic N) is 3. The molecule has 1 aromatic rings. The Labute approximate surface area is 163 Å². The fourth-order valence-electron chi connectivity index (χ4n) is 4.33. The van der Waals surface area contributed by atoms with E-state index in [1.54, 1.807) is 11.3 Å². The number of piperazine rings is 1. The number of fused-ring (bicyclic) bond motifs is 1. The Balaban J connectivity index is 1.29. The lowest BCUT2D eigenvalue weighted by Crippen LogP contribution is -2.52. The molecule has 27 heavy (non-hydrogen) atoms. The van der Waals surface area contributed by atoms with Gasteiger partial charge in [0, 0.05) is 37.1 Å². The molecule has 3 aliphatic rings. The normalized spacial score (nSPS) is 25.2. The number of carbonyl (C=O) groups is 1. The van der Waals surface area contributed by atoms with Crippen LogP contribution in [0.2, 0.25) is 0 Å². The number of hydrogen-bond donors (Lipinski definition) is 1. The molecule has 0 spiro atoms. The van der Waals surface area contributed by atoms with E-state index in [1.165, 1.54) is 4.88 Å². The highest BCUT2D eigenvalue weighted by Gasteiger charge is 2.34. The zero-order valence-corrected chi connectivity index (χ0v) is 16.9. The molecule has 1 aromatic heterocycles. The maximum atomic E-state index is 12.5. The summed E-state index contributed by atoms with van der Waals surface area (Å²) in [5.41, 5.74) is 1.77. The number of amides is 1. The molecule has 2 saturated heterocycles. The van der Waals surface area contributed by atoms with Crippen molar-refractivity contribution in [3.63, 3.8) is 0 Å². The monoisotopic (exact) mass is 408 g/mol. The van der Waals surface area contributed by atoms with Gasteiger partial charge in [0.2, 0.25) is 5.91 Å². The summed E-state index contributed by atoms with van der Waals surface area (Å²) >= 11 is 1.54. The fraction of sp³-hybridized carbons (Fsp3) is 0.667. The van der Waals surface area contributed by atoms with E-state index >= 15 is 0 Å². The van der Waals surface area contributed by atoms with Crippen molar-refractivity contribution in [3.8, 4) is 6.07 Å². The van der Waals surface area contributed by atoms with Gasteiger partial charge in [0.15, 0.2) is 9.84 Å². The highest BCUT2D eigenvalue weighted by atomic mass is 32.2. The minimum Gasteiger partial charge on any atom is -0.315 e. The standard InChI is InChI=1S/C18H24N4O3S2/c19-10-15-14-2-1-3-16(14)26-18(15)20-17(23)11-21-5-7-22(8-6-21)13-4-9-27(24,25)12-13/h13H,1-9,11-12H2,(H,20,23). The van der Waals surface area contributed by atoms with Crippen LogP contribution < -0.4 is 5.32 Å². The van der Waals surface area contributed by atoms with Gasteiger partial charge in [0.1, 0.15) is 11.1 Å². The van der Waals surface area contributed by atoms with Crippen LogP contribution >= 0.6 is 11.3 Å². The Morgan fingerprint density at radius 2 is 2.04 bits per heavy atom. The molecule has 2 aliphatic heterocycles. The molecule has 1 atom stereocenters. The van der Waals surface area contributed by atoms with Crippen LogP contribution in [0.25, 0.3) is 0 Å². The van der Waals surface area contributed by atoms with Gasteiger partial charge in [-0.25, -0.2) is 8.42 Å². The lowest BCUT2D eigenvalue weighted by Gasteiger charge is -2.37. The van der Waals surface area contributed by atoms with Crippen molar-refractivity contribution in [2.75, 3.05) is 49.5 Å². The molecule has 1 unspecified atom stereocenters. The summed E-state index contributed by atoms with van der Waals surface area (Å²) in [6.45, 7) is 3.42. The Bertz CT molecular complexity index is 879. The first-order valence-corrected chi connectivity index (χ1v) is 12.1. The van der Waals surface area contributed by atoms with Crippen LogP contribution in [-0.2, 0) is 27.5 Å². The molecule has 0 saturated carbocycles. The topological polar surface area (TPSA) is 93.5 Å². The number of carbonyl (C=O) groups excluding carboxylic acids is 1. The van der Waals surface area contributed by atoms with Crippen molar-refractivity contribution in [1.29, 1.82) is 5.26 Å². The van der Waals surface area contributed by atoms with Gasteiger partial charge in [-0.15, -0.1) is 11.3 Å². The minimum atomic E-state index is -2.86. The maximum Gasteiger partial charge on any atom is 0.239 e. The first-order valence-electron chi connectivity index (χ1n) is 9.46. The predicted molar refractivity (Wildman–Crippen MR) is 105 cm³/mol. The lowest BCUT2D eigenvalue weighted by molar-refractivity contribution is -0.117. The van der Waals surface area contributed by atoms with Gasteiger partial charge in [-0.2, -0.15) is 5.26 Å². The smallest absolute Gasteiger partial charge is 0.239 e. The molecule has 3 heterocycles. The van der Waals surface area contributed by atoms with Gasteiger partial charge in [-0.1, -0.05) is 0 Å². The number of sulfone groups is 1. The van der Waals surface area contributed by atoms with E-state index in [0.29, 0.717) is 22.9 Å². The second-order valence-corrected chi connectivity index (χ2v) is 10.9. The van der Waals surface area contributed by atoms with E-state index in [4.69, 9.17) is 0 Å². The van der Waals surface area contributed by atoms with Gasteiger partial charge >= 0.3 is 0 Å². The third-order valence-electron chi connectivity index (χ3n) is 5.78. The Morgan fingerprint density at radius 3 is 2.70 bits per heavy atom. The van der Waals surface area contributed by atoms with Crippen molar-refractivity contribution in [2.24, 2.45) is 0 Å². The molecule has 2 fully saturated rings. The maximum absolute atomic E-state index is 12.5. The second kappa shape index (κ2) is 7.51. The molecule has 9 heteroatoms. The van der Waals surface area contributed by atoms with Crippen molar-refractivity contribution in [2.45, 2.75) is 31.7 Å². The van der Waals surface area contributed by atoms with Crippen LogP contribution in [0, 0.1) is 11.3 Å². The molecule has 4 rings (SSSR count). The summed E-state index contributed by atoms with van der Waals surface area (Å²) in [4.78, 5) is 18.0. The number of aryl methyl sites for hydroxylation is 1. The van der Waals surface area contributed by atoms with E-state index < -0.39 is 9.84 Å². The quantitative estimate of drug-likeness (QED) is 0.794. The van der Waals surface area contributed by atoms with Crippen LogP contribution in [0.3, 0.4) is 0 Å². The molecule has 0 radical (unpaired) electrons. The number of anilines is 1. The van der Waals surface area contributed by atoms with Crippen molar-refractivity contribution >= 4 is 32.1 Å². The largest absolute Gasteiger partial charge is 0.315 e. The van der Waals surface area contributed by atoms with Crippen molar-refractivity contribution in [3.05, 3.63) is 16.0 Å². The zero-order chi connectivity index (χ0) is 19.0. The summed E-state index contributed by atoms with van der Waals surface area (Å²) in [6, 6.07) is 2.39. The van der Waals surface area contributed by atoms with Crippen LogP contribution in [0.5, 0.6) is 0 Å². The van der Waals surface area contributed by atoms with Crippen LogP contribution in [0.4, 0.5) is 5.00 Å². The average molecular weight is 409 g/mol. The second-order valence-electron chi connectivity index (χ2n) is 7.59. The molecule has 146 valence electrons. The van der Waals surface area contributed by atoms with Crippen molar-refractivity contribution < 1.29 is 13.2 Å². The predicted octanol–water partition coefficient (Wildman–Crippen LogP) is 0.852. The highest BCUT2D eigenvalue weighted by molar-refractivity contribution is 7.91. The summed E-state index contributed by atoms with van der Waals surface area (Å²) < 4.78 is 23.3. The average Bonchev–Trinajstić information content (AvgIpc) is 3.29. The first kappa shape index (κ1) is 18.9. The molecule has 1 N–H and O–H groups in total. The van der Waals surface area contributed by atoms with E-state index in [1.807, 2.05) is 0 Å². The molecular formula is C18H24N4O3S2. The summed E-state index contributed by atoms with van der Waals surface area (Å²) in [6.07, 6.45) is 3.76. The number of thiophene rings is 1. The van der Waals surface area contributed by atoms with Gasteiger partial charge < -0.3 is 5.32 Å². The van der Waals surface area contributed by atoms with Gasteiger partial charge in [-0.3, -0.25) is 14.6 Å². The number of hydrogen-bond acceptors (Lipinski definition) is 7. The summed E-state index contributed by atoms with van der Waals surface area (Å²) in [7, 11) is -2.86. The number of rotatable bonds is 4. The van der Waals surface area contributed by atoms with Crippen LogP contribution in [0.1, 0.15) is 28.8 Å². The van der Waals surface area contributed by atoms with Gasteiger partial charge in [0.05, 0.1) is 23.6 Å². The molecule has 0 bridgehead atoms. The van der Waals surface area contributed by atoms with E-state index in [-0.39, 0.29) is 17.7 Å². The Morgan fingerprint density at radius 1 is 1.26 bits per heavy atom. The van der Waals surface area contributed by atoms with Gasteiger partial charge in [-0.05, 0) is 31.2 Å². The Kier molecular flexibility index (Phi) is 5.25. The summed E-state index contributed by atoms with van der Waals surface area (Å²) in [5, 5.41) is 13.1. The van der Waals surface area contributed by atoms with Crippen LogP contribution in [0.15, 0.2) is 0 Å². The van der Waals surface area contributed by atoms with E-state index in [0.717, 1.165) is 57.4 Å². The Hall–Kier alpha value is -1.47. The molecule has 7 nitrogen and oxygen atoms in total. The minimum absolute atomic E-state index is 0.0803. The van der Waals surface area contributed by atoms with Gasteiger partial charge in [0.25, 0.3) is 0 Å². The third-order valence-corrected chi connectivity index (χ3v) is 8.74. The number of nitrogens with one attached hydrogen (secondary N) is 1. The molecule has 1 aliphatic carbocycles. The van der Waals surface area contributed by atoms with Crippen molar-refractivity contribution in [1.82, 2.24) is 9.80 Å². The van der Waals surface area contributed by atoms with E-state index in [9.17, 15) is 18.5 Å². The summed E-state index contributed by atoms with van der Waals surface area (Å²) in [5.74, 6) is 0.489. The number of nitriles is 1. The zero-order valence-electron chi connectivity index (χ0n) is 15.2.